The molecule has 0 heterocycles. The normalized spacial score (nSPS) is 10.2. The zero-order chi connectivity index (χ0) is 13.9. The highest BCUT2D eigenvalue weighted by Gasteiger charge is 2.19. The topological polar surface area (TPSA) is 89.4 Å². The van der Waals surface area contributed by atoms with Gasteiger partial charge in [0.25, 0.3) is 5.91 Å². The van der Waals surface area contributed by atoms with Crippen molar-refractivity contribution in [2.24, 2.45) is 5.73 Å². The highest BCUT2D eigenvalue weighted by Crippen LogP contribution is 2.23. The van der Waals surface area contributed by atoms with Crippen LogP contribution in [0.2, 0.25) is 0 Å². The molecule has 1 rings (SSSR count). The second kappa shape index (κ2) is 5.86. The van der Waals surface area contributed by atoms with E-state index in [1.165, 1.54) is 4.90 Å². The van der Waals surface area contributed by atoms with E-state index in [0.717, 1.165) is 4.47 Å². The van der Waals surface area contributed by atoms with Gasteiger partial charge in [-0.2, -0.15) is 0 Å². The molecular formula is C12H16BrN3O2. The van der Waals surface area contributed by atoms with Crippen molar-refractivity contribution in [1.29, 1.82) is 0 Å². The SMILES string of the molecule is CCN(CC(N)=O)C(=O)c1cc(Br)cc(N)c1C. The number of anilines is 1. The predicted molar refractivity (Wildman–Crippen MR) is 74.1 cm³/mol. The first-order chi connectivity index (χ1) is 8.36. The van der Waals surface area contributed by atoms with Gasteiger partial charge >= 0.3 is 0 Å². The highest BCUT2D eigenvalue weighted by atomic mass is 79.9. The summed E-state index contributed by atoms with van der Waals surface area (Å²) in [5, 5.41) is 0. The summed E-state index contributed by atoms with van der Waals surface area (Å²) in [6.45, 7) is 3.87. The molecule has 0 saturated carbocycles. The van der Waals surface area contributed by atoms with Crippen molar-refractivity contribution in [1.82, 2.24) is 4.90 Å². The quantitative estimate of drug-likeness (QED) is 0.821. The van der Waals surface area contributed by atoms with E-state index in [1.807, 2.05) is 0 Å². The number of nitrogen functional groups attached to an aromatic ring is 1. The predicted octanol–water partition coefficient (Wildman–Crippen LogP) is 1.29. The van der Waals surface area contributed by atoms with Crippen molar-refractivity contribution in [3.8, 4) is 0 Å². The summed E-state index contributed by atoms with van der Waals surface area (Å²) in [4.78, 5) is 24.6. The summed E-state index contributed by atoms with van der Waals surface area (Å²) >= 11 is 3.29. The van der Waals surface area contributed by atoms with Gasteiger partial charge in [0.15, 0.2) is 0 Å². The lowest BCUT2D eigenvalue weighted by Crippen LogP contribution is -2.38. The first-order valence-corrected chi connectivity index (χ1v) is 6.29. The van der Waals surface area contributed by atoms with Crippen molar-refractivity contribution in [3.63, 3.8) is 0 Å². The summed E-state index contributed by atoms with van der Waals surface area (Å²) in [7, 11) is 0. The molecule has 0 radical (unpaired) electrons. The first kappa shape index (κ1) is 14.5. The largest absolute Gasteiger partial charge is 0.398 e. The fourth-order valence-corrected chi connectivity index (χ4v) is 2.08. The van der Waals surface area contributed by atoms with Gasteiger partial charge in [-0.05, 0) is 31.5 Å². The van der Waals surface area contributed by atoms with Crippen LogP contribution in [0.1, 0.15) is 22.8 Å². The van der Waals surface area contributed by atoms with Gasteiger partial charge in [-0.3, -0.25) is 9.59 Å². The molecule has 0 bridgehead atoms. The number of hydrogen-bond donors (Lipinski definition) is 2. The zero-order valence-electron chi connectivity index (χ0n) is 10.4. The minimum Gasteiger partial charge on any atom is -0.398 e. The number of rotatable bonds is 4. The van der Waals surface area contributed by atoms with Gasteiger partial charge in [0, 0.05) is 22.3 Å². The Morgan fingerprint density at radius 1 is 1.39 bits per heavy atom. The minimum atomic E-state index is -0.536. The number of amides is 2. The molecule has 6 heteroatoms. The Morgan fingerprint density at radius 2 is 2.00 bits per heavy atom. The molecule has 0 saturated heterocycles. The Bertz CT molecular complexity index is 488. The van der Waals surface area contributed by atoms with Gasteiger partial charge in [0.2, 0.25) is 5.91 Å². The number of benzene rings is 1. The van der Waals surface area contributed by atoms with Gasteiger partial charge in [-0.25, -0.2) is 0 Å². The van der Waals surface area contributed by atoms with Crippen LogP contribution in [0.15, 0.2) is 16.6 Å². The molecule has 2 amide bonds. The molecule has 1 aromatic rings. The highest BCUT2D eigenvalue weighted by molar-refractivity contribution is 9.10. The first-order valence-electron chi connectivity index (χ1n) is 5.50. The zero-order valence-corrected chi connectivity index (χ0v) is 12.0. The number of hydrogen-bond acceptors (Lipinski definition) is 3. The number of primary amides is 1. The van der Waals surface area contributed by atoms with Crippen LogP contribution in [0.5, 0.6) is 0 Å². The van der Waals surface area contributed by atoms with Crippen LogP contribution >= 0.6 is 15.9 Å². The van der Waals surface area contributed by atoms with Crippen LogP contribution in [0, 0.1) is 6.92 Å². The number of carbonyl (C=O) groups excluding carboxylic acids is 2. The third kappa shape index (κ3) is 3.22. The third-order valence-corrected chi connectivity index (χ3v) is 3.12. The van der Waals surface area contributed by atoms with Gasteiger partial charge in [0.1, 0.15) is 0 Å². The maximum atomic E-state index is 12.3. The van der Waals surface area contributed by atoms with E-state index in [0.29, 0.717) is 23.4 Å². The van der Waals surface area contributed by atoms with Crippen LogP contribution < -0.4 is 11.5 Å². The van der Waals surface area contributed by atoms with E-state index in [4.69, 9.17) is 11.5 Å². The molecule has 0 fully saturated rings. The average molecular weight is 314 g/mol. The maximum absolute atomic E-state index is 12.3. The lowest BCUT2D eigenvalue weighted by Gasteiger charge is -2.20. The van der Waals surface area contributed by atoms with Crippen LogP contribution in [-0.2, 0) is 4.79 Å². The summed E-state index contributed by atoms with van der Waals surface area (Å²) in [5.41, 5.74) is 12.6. The van der Waals surface area contributed by atoms with Gasteiger partial charge < -0.3 is 16.4 Å². The molecule has 4 N–H and O–H groups in total. The lowest BCUT2D eigenvalue weighted by atomic mass is 10.1. The summed E-state index contributed by atoms with van der Waals surface area (Å²) in [6, 6.07) is 3.42. The Labute approximate surface area is 114 Å². The minimum absolute atomic E-state index is 0.0960. The van der Waals surface area contributed by atoms with Gasteiger partial charge in [-0.1, -0.05) is 15.9 Å². The van der Waals surface area contributed by atoms with E-state index in [1.54, 1.807) is 26.0 Å². The molecule has 0 spiro atoms. The fraction of sp³-hybridized carbons (Fsp3) is 0.333. The van der Waals surface area contributed by atoms with Crippen molar-refractivity contribution in [3.05, 3.63) is 27.7 Å². The van der Waals surface area contributed by atoms with E-state index < -0.39 is 5.91 Å². The van der Waals surface area contributed by atoms with Gasteiger partial charge in [0.05, 0.1) is 6.54 Å². The maximum Gasteiger partial charge on any atom is 0.254 e. The second-order valence-corrected chi connectivity index (χ2v) is 4.87. The molecule has 0 aliphatic heterocycles. The molecule has 0 aromatic heterocycles. The monoisotopic (exact) mass is 313 g/mol. The van der Waals surface area contributed by atoms with Crippen molar-refractivity contribution in [2.45, 2.75) is 13.8 Å². The molecule has 0 aliphatic rings. The number of nitrogens with two attached hydrogens (primary N) is 2. The van der Waals surface area contributed by atoms with Crippen LogP contribution in [0.3, 0.4) is 0 Å². The number of halogens is 1. The van der Waals surface area contributed by atoms with Crippen LogP contribution in [0.4, 0.5) is 5.69 Å². The van der Waals surface area contributed by atoms with Crippen molar-refractivity contribution in [2.75, 3.05) is 18.8 Å². The van der Waals surface area contributed by atoms with E-state index >= 15 is 0 Å². The Hall–Kier alpha value is -1.56. The van der Waals surface area contributed by atoms with E-state index in [2.05, 4.69) is 15.9 Å². The summed E-state index contributed by atoms with van der Waals surface area (Å²) < 4.78 is 0.726. The Morgan fingerprint density at radius 3 is 2.50 bits per heavy atom. The third-order valence-electron chi connectivity index (χ3n) is 2.66. The smallest absolute Gasteiger partial charge is 0.254 e. The molecule has 18 heavy (non-hydrogen) atoms. The molecule has 98 valence electrons. The van der Waals surface area contributed by atoms with Crippen molar-refractivity contribution >= 4 is 33.4 Å². The van der Waals surface area contributed by atoms with Crippen molar-refractivity contribution < 1.29 is 9.59 Å². The number of nitrogens with zero attached hydrogens (tertiary/aromatic N) is 1. The van der Waals surface area contributed by atoms with Crippen LogP contribution in [-0.4, -0.2) is 29.8 Å². The number of carbonyl (C=O) groups is 2. The Kier molecular flexibility index (Phi) is 4.72. The lowest BCUT2D eigenvalue weighted by molar-refractivity contribution is -0.118. The number of likely N-dealkylation sites (N-methyl/N-ethyl adjacent to an activating group) is 1. The molecule has 0 unspecified atom stereocenters. The second-order valence-electron chi connectivity index (χ2n) is 3.95. The Balaban J connectivity index is 3.12. The molecule has 0 atom stereocenters. The molecule has 5 nitrogen and oxygen atoms in total. The fourth-order valence-electron chi connectivity index (χ4n) is 1.61. The van der Waals surface area contributed by atoms with Crippen LogP contribution in [0.25, 0.3) is 0 Å². The summed E-state index contributed by atoms with van der Waals surface area (Å²) in [6.07, 6.45) is 0. The van der Waals surface area contributed by atoms with Gasteiger partial charge in [-0.15, -0.1) is 0 Å². The molecule has 0 aliphatic carbocycles. The molecular weight excluding hydrogens is 298 g/mol. The van der Waals surface area contributed by atoms with E-state index in [-0.39, 0.29) is 12.5 Å². The molecule has 1 aromatic carbocycles. The van der Waals surface area contributed by atoms with E-state index in [9.17, 15) is 9.59 Å². The average Bonchev–Trinajstić information content (AvgIpc) is 2.29. The summed E-state index contributed by atoms with van der Waals surface area (Å²) in [5.74, 6) is -0.785. The standard InChI is InChI=1S/C12H16BrN3O2/c1-3-16(6-11(15)17)12(18)9-4-8(13)5-10(14)7(9)2/h4-5H,3,6,14H2,1-2H3,(H2,15,17).